The van der Waals surface area contributed by atoms with E-state index >= 15 is 0 Å². The third-order valence-electron chi connectivity index (χ3n) is 2.41. The molecule has 24 heavy (non-hydrogen) atoms. The van der Waals surface area contributed by atoms with E-state index in [9.17, 15) is 9.59 Å². The van der Waals surface area contributed by atoms with Gasteiger partial charge in [-0.05, 0) is 0 Å². The summed E-state index contributed by atoms with van der Waals surface area (Å²) in [6.07, 6.45) is 10.2. The van der Waals surface area contributed by atoms with Crippen LogP contribution < -0.4 is 9.56 Å². The first-order valence-corrected chi connectivity index (χ1v) is 7.82. The van der Waals surface area contributed by atoms with Crippen LogP contribution in [0.25, 0.3) is 0 Å². The first-order chi connectivity index (χ1) is 11.7. The number of allylic oxidation sites excluding steroid dienone is 3. The highest BCUT2D eigenvalue weighted by atomic mass is 16.6. The summed E-state index contributed by atoms with van der Waals surface area (Å²) in [4.78, 5) is 25.6. The van der Waals surface area contributed by atoms with Gasteiger partial charge >= 0.3 is 11.9 Å². The molecule has 0 spiro atoms. The lowest BCUT2D eigenvalue weighted by molar-refractivity contribution is -0.686. The average molecular weight is 334 g/mol. The maximum atomic E-state index is 11.5. The van der Waals surface area contributed by atoms with Gasteiger partial charge in [0.05, 0.1) is 0 Å². The molecule has 0 radical (unpaired) electrons. The van der Waals surface area contributed by atoms with Gasteiger partial charge in [0.1, 0.15) is 13.2 Å². The molecule has 6 nitrogen and oxygen atoms in total. The molecule has 130 valence electrons. The zero-order valence-corrected chi connectivity index (χ0v) is 14.3. The number of nitrogens with one attached hydrogen (secondary N) is 1. The lowest BCUT2D eigenvalue weighted by Crippen LogP contribution is -2.71. The molecule has 0 atom stereocenters. The molecule has 1 aromatic rings. The minimum atomic E-state index is -0.420. The first-order valence-electron chi connectivity index (χ1n) is 7.82. The molecule has 0 aromatic carbocycles. The molecule has 0 aliphatic heterocycles. The zero-order chi connectivity index (χ0) is 18.0. The molecule has 1 aromatic heterocycles. The number of nitrogens with zero attached hydrogens (tertiary/aromatic N) is 1. The van der Waals surface area contributed by atoms with E-state index in [2.05, 4.69) is 11.6 Å². The molecule has 0 amide bonds. The quantitative estimate of drug-likeness (QED) is 0.227. The average Bonchev–Trinajstić information content (AvgIpc) is 2.61. The summed E-state index contributed by atoms with van der Waals surface area (Å²) in [7, 11) is 0. The summed E-state index contributed by atoms with van der Waals surface area (Å²) < 4.78 is 11.6. The molecule has 1 N–H and O–H groups in total. The van der Waals surface area contributed by atoms with E-state index in [0.717, 1.165) is 0 Å². The monoisotopic (exact) mass is 334 g/mol. The van der Waals surface area contributed by atoms with E-state index in [1.807, 2.05) is 32.0 Å². The summed E-state index contributed by atoms with van der Waals surface area (Å²) in [5.41, 5.74) is 0. The van der Waals surface area contributed by atoms with Crippen LogP contribution in [0.5, 0.6) is 0 Å². The largest absolute Gasteiger partial charge is 0.457 e. The van der Waals surface area contributed by atoms with Gasteiger partial charge in [-0.1, -0.05) is 38.6 Å². The number of hydrogen-bond acceptors (Lipinski definition) is 4. The number of carbonyl (C=O) groups excluding carboxylic acids is 2. The highest BCUT2D eigenvalue weighted by molar-refractivity contribution is 5.72. The molecule has 6 heteroatoms. The van der Waals surface area contributed by atoms with Crippen molar-refractivity contribution in [2.24, 2.45) is 0 Å². The third kappa shape index (κ3) is 11.9. The number of ether oxygens (including phenoxy) is 2. The second-order valence-corrected chi connectivity index (χ2v) is 4.16. The van der Waals surface area contributed by atoms with Gasteiger partial charge in [-0.3, -0.25) is 0 Å². The first kappa shape index (κ1) is 21.2. The zero-order valence-electron chi connectivity index (χ0n) is 14.3. The Labute approximate surface area is 143 Å². The fraction of sp³-hybridized carbons (Fsp3) is 0.333. The van der Waals surface area contributed by atoms with Crippen molar-refractivity contribution in [1.82, 2.24) is 0 Å². The van der Waals surface area contributed by atoms with Crippen molar-refractivity contribution in [2.75, 3.05) is 19.8 Å². The molecule has 0 saturated heterocycles. The molecule has 0 fully saturated rings. The number of rotatable bonds is 9. The number of pyridine rings is 1. The van der Waals surface area contributed by atoms with Gasteiger partial charge in [-0.25, -0.2) is 14.6 Å². The fourth-order valence-corrected chi connectivity index (χ4v) is 1.44. The fourth-order valence-electron chi connectivity index (χ4n) is 1.44. The van der Waals surface area contributed by atoms with Crippen molar-refractivity contribution in [2.45, 2.75) is 20.4 Å². The van der Waals surface area contributed by atoms with E-state index in [-0.39, 0.29) is 32.3 Å². The van der Waals surface area contributed by atoms with E-state index < -0.39 is 5.97 Å². The highest BCUT2D eigenvalue weighted by Crippen LogP contribution is 1.83. The van der Waals surface area contributed by atoms with Gasteiger partial charge in [-0.15, -0.1) is 0 Å². The predicted molar refractivity (Wildman–Crippen MR) is 91.1 cm³/mol. The van der Waals surface area contributed by atoms with Gasteiger partial charge in [0.2, 0.25) is 13.1 Å². The van der Waals surface area contributed by atoms with Gasteiger partial charge in [-0.2, -0.15) is 4.57 Å². The van der Waals surface area contributed by atoms with Crippen molar-refractivity contribution < 1.29 is 28.6 Å². The Bertz CT molecular complexity index is 539. The van der Waals surface area contributed by atoms with Crippen molar-refractivity contribution in [3.8, 4) is 0 Å². The Balaban J connectivity index is 0.00000254. The smallest absolute Gasteiger partial charge is 0.372 e. The molecule has 0 aliphatic carbocycles. The lowest BCUT2D eigenvalue weighted by Gasteiger charge is -2.03. The molecule has 1 rings (SSSR count). The van der Waals surface area contributed by atoms with Gasteiger partial charge in [0, 0.05) is 18.2 Å². The number of hydrogen-bond donors (Lipinski definition) is 1. The van der Waals surface area contributed by atoms with Crippen LogP contribution in [0.1, 0.15) is 13.8 Å². The van der Waals surface area contributed by atoms with Crippen LogP contribution in [0, 0.1) is 0 Å². The molecule has 0 bridgehead atoms. The number of esters is 2. The van der Waals surface area contributed by atoms with Crippen LogP contribution in [0.4, 0.5) is 0 Å². The summed E-state index contributed by atoms with van der Waals surface area (Å²) in [6, 6.07) is 5.51. The maximum absolute atomic E-state index is 11.5. The molecular weight excluding hydrogens is 308 g/mol. The second-order valence-electron chi connectivity index (χ2n) is 4.16. The summed E-state index contributed by atoms with van der Waals surface area (Å²) >= 11 is 0. The molecule has 0 aliphatic rings. The van der Waals surface area contributed by atoms with Crippen LogP contribution in [-0.4, -0.2) is 37.9 Å². The van der Waals surface area contributed by atoms with Crippen LogP contribution in [0.15, 0.2) is 55.4 Å². The molecule has 0 unspecified atom stereocenters. The van der Waals surface area contributed by atoms with Crippen LogP contribution in [0.2, 0.25) is 0 Å². The lowest BCUT2D eigenvalue weighted by atomic mass is 10.5. The van der Waals surface area contributed by atoms with E-state index in [1.165, 1.54) is 0 Å². The molecule has 1 heterocycles. The predicted octanol–water partition coefficient (Wildman–Crippen LogP) is -0.0197. The number of carbonyl (C=O) groups is 2. The maximum Gasteiger partial charge on any atom is 0.372 e. The Morgan fingerprint density at radius 2 is 1.67 bits per heavy atom. The van der Waals surface area contributed by atoms with Crippen molar-refractivity contribution in [3.05, 3.63) is 55.4 Å². The SMILES string of the molecule is C=C/C=C\C=[NH+]CC(=O)OCCOC(=O)C[n+]1ccccc1.CC. The second kappa shape index (κ2) is 15.1. The Morgan fingerprint density at radius 3 is 2.29 bits per heavy atom. The van der Waals surface area contributed by atoms with E-state index in [4.69, 9.17) is 9.47 Å². The van der Waals surface area contributed by atoms with Crippen molar-refractivity contribution in [3.63, 3.8) is 0 Å². The molecule has 0 saturated carbocycles. The van der Waals surface area contributed by atoms with Gasteiger partial charge in [0.25, 0.3) is 0 Å². The Morgan fingerprint density at radius 1 is 1.04 bits per heavy atom. The minimum absolute atomic E-state index is 0.0359. The van der Waals surface area contributed by atoms with Crippen molar-refractivity contribution in [1.29, 1.82) is 0 Å². The Kier molecular flexibility index (Phi) is 13.4. The molecular formula is C18H26N2O4+2. The summed E-state index contributed by atoms with van der Waals surface area (Å²) in [6.45, 7) is 7.77. The number of aromatic nitrogens is 1. The van der Waals surface area contributed by atoms with Crippen LogP contribution >= 0.6 is 0 Å². The summed E-state index contributed by atoms with van der Waals surface area (Å²) in [5.74, 6) is -0.801. The standard InChI is InChI=1S/C16H19N2O4.C2H6/c1-2-3-5-8-17-13-15(19)21-11-12-22-16(20)14-18-9-6-4-7-10-18;1-2/h2-10H,1,11-14H2;1-2H3/q+1;/p+1/b5-3-,17-8?;. The highest BCUT2D eigenvalue weighted by Gasteiger charge is 2.10. The normalized spacial score (nSPS) is 10.1. The Hall–Kier alpha value is -2.76. The van der Waals surface area contributed by atoms with Crippen LogP contribution in [0.3, 0.4) is 0 Å². The topological polar surface area (TPSA) is 70.4 Å². The van der Waals surface area contributed by atoms with Crippen LogP contribution in [-0.2, 0) is 25.6 Å². The third-order valence-corrected chi connectivity index (χ3v) is 2.41. The van der Waals surface area contributed by atoms with Gasteiger partial charge in [0.15, 0.2) is 18.6 Å². The summed E-state index contributed by atoms with van der Waals surface area (Å²) in [5, 5.41) is 0. The van der Waals surface area contributed by atoms with Gasteiger partial charge < -0.3 is 9.47 Å². The van der Waals surface area contributed by atoms with E-state index in [0.29, 0.717) is 0 Å². The van der Waals surface area contributed by atoms with Crippen molar-refractivity contribution >= 4 is 18.2 Å². The van der Waals surface area contributed by atoms with E-state index in [1.54, 1.807) is 41.4 Å². The minimum Gasteiger partial charge on any atom is -0.457 e.